The Labute approximate surface area is 119 Å². The van der Waals surface area contributed by atoms with Gasteiger partial charge in [-0.15, -0.1) is 0 Å². The summed E-state index contributed by atoms with van der Waals surface area (Å²) in [7, 11) is 0. The number of hydrogen-bond donors (Lipinski definition) is 3. The fourth-order valence-corrected chi connectivity index (χ4v) is 1.93. The minimum absolute atomic E-state index is 0.0155. The number of rotatable bonds is 8. The number of aromatic nitrogens is 1. The van der Waals surface area contributed by atoms with E-state index in [2.05, 4.69) is 35.6 Å². The lowest BCUT2D eigenvalue weighted by Crippen LogP contribution is -2.38. The van der Waals surface area contributed by atoms with Gasteiger partial charge in [0.15, 0.2) is 0 Å². The molecule has 0 aromatic carbocycles. The minimum atomic E-state index is 0.0155. The molecule has 0 unspecified atom stereocenters. The van der Waals surface area contributed by atoms with Gasteiger partial charge in [-0.25, -0.2) is 0 Å². The fraction of sp³-hybridized carbons (Fsp3) is 0.500. The number of carbonyl (C=O) groups excluding carboxylic acids is 1. The molecule has 0 radical (unpaired) electrons. The van der Waals surface area contributed by atoms with E-state index >= 15 is 0 Å². The van der Waals surface area contributed by atoms with E-state index in [9.17, 15) is 4.79 Å². The monoisotopic (exact) mass is 285 g/mol. The summed E-state index contributed by atoms with van der Waals surface area (Å²) in [6.45, 7) is 2.38. The number of thiol groups is 2. The smallest absolute Gasteiger partial charge is 0.234 e. The highest BCUT2D eigenvalue weighted by atomic mass is 32.1. The van der Waals surface area contributed by atoms with E-state index in [0.29, 0.717) is 31.1 Å². The van der Waals surface area contributed by atoms with Crippen LogP contribution in [0.2, 0.25) is 0 Å². The molecule has 1 aromatic heterocycles. The third kappa shape index (κ3) is 6.28. The molecule has 0 bridgehead atoms. The van der Waals surface area contributed by atoms with Crippen LogP contribution in [0.15, 0.2) is 24.4 Å². The molecular formula is C12H19N3OS2. The molecule has 0 fully saturated rings. The summed E-state index contributed by atoms with van der Waals surface area (Å²) in [6.07, 6.45) is 1.76. The first-order valence-electron chi connectivity index (χ1n) is 5.87. The van der Waals surface area contributed by atoms with Gasteiger partial charge >= 0.3 is 0 Å². The number of hydrogen-bond acceptors (Lipinski definition) is 5. The van der Waals surface area contributed by atoms with E-state index in [1.807, 2.05) is 23.1 Å². The molecule has 18 heavy (non-hydrogen) atoms. The topological polar surface area (TPSA) is 45.2 Å². The third-order valence-corrected chi connectivity index (χ3v) is 2.75. The number of carbonyl (C=O) groups is 1. The maximum atomic E-state index is 11.6. The molecule has 0 saturated carbocycles. The van der Waals surface area contributed by atoms with E-state index in [1.165, 1.54) is 0 Å². The first-order valence-corrected chi connectivity index (χ1v) is 7.13. The van der Waals surface area contributed by atoms with Crippen molar-refractivity contribution < 1.29 is 4.79 Å². The molecule has 1 rings (SSSR count). The van der Waals surface area contributed by atoms with Crippen molar-refractivity contribution in [3.05, 3.63) is 30.1 Å². The van der Waals surface area contributed by atoms with Gasteiger partial charge in [-0.3, -0.25) is 14.7 Å². The molecule has 6 heteroatoms. The maximum absolute atomic E-state index is 11.6. The molecule has 1 N–H and O–H groups in total. The Hall–Kier alpha value is -0.720. The van der Waals surface area contributed by atoms with Crippen molar-refractivity contribution in [2.24, 2.45) is 0 Å². The van der Waals surface area contributed by atoms with Gasteiger partial charge in [-0.05, 0) is 12.1 Å². The Bertz CT molecular complexity index is 348. The predicted octanol–water partition coefficient (Wildman–Crippen LogP) is 0.859. The SMILES string of the molecule is O=C(CN(CCS)Cc1ccccn1)NCCS. The van der Waals surface area contributed by atoms with Gasteiger partial charge in [-0.2, -0.15) is 25.3 Å². The van der Waals surface area contributed by atoms with E-state index in [0.717, 1.165) is 12.2 Å². The molecule has 1 heterocycles. The zero-order valence-corrected chi connectivity index (χ0v) is 12.0. The van der Waals surface area contributed by atoms with Crippen LogP contribution in [0.25, 0.3) is 0 Å². The van der Waals surface area contributed by atoms with Crippen molar-refractivity contribution >= 4 is 31.2 Å². The molecule has 0 aliphatic rings. The van der Waals surface area contributed by atoms with E-state index in [1.54, 1.807) is 6.20 Å². The summed E-state index contributed by atoms with van der Waals surface area (Å²) in [5.41, 5.74) is 0.960. The van der Waals surface area contributed by atoms with Crippen LogP contribution in [0, 0.1) is 0 Å². The Kier molecular flexibility index (Phi) is 7.88. The Balaban J connectivity index is 2.46. The first-order chi connectivity index (χ1) is 8.76. The van der Waals surface area contributed by atoms with Crippen LogP contribution in [0.3, 0.4) is 0 Å². The fourth-order valence-electron chi connectivity index (χ4n) is 1.53. The first kappa shape index (κ1) is 15.3. The predicted molar refractivity (Wildman–Crippen MR) is 80.2 cm³/mol. The second-order valence-electron chi connectivity index (χ2n) is 3.83. The average molecular weight is 285 g/mol. The molecule has 100 valence electrons. The highest BCUT2D eigenvalue weighted by Gasteiger charge is 2.10. The van der Waals surface area contributed by atoms with Gasteiger partial charge < -0.3 is 5.32 Å². The Morgan fingerprint density at radius 2 is 2.17 bits per heavy atom. The molecule has 0 aliphatic heterocycles. The van der Waals surface area contributed by atoms with Crippen LogP contribution in [-0.2, 0) is 11.3 Å². The summed E-state index contributed by atoms with van der Waals surface area (Å²) in [5.74, 6) is 1.38. The lowest BCUT2D eigenvalue weighted by atomic mass is 10.3. The molecule has 0 saturated heterocycles. The standard InChI is InChI=1S/C12H19N3OS2/c16-12(14-5-7-17)10-15(6-8-18)9-11-3-1-2-4-13-11/h1-4,17-18H,5-10H2,(H,14,16). The second-order valence-corrected chi connectivity index (χ2v) is 4.72. The quantitative estimate of drug-likeness (QED) is 0.621. The van der Waals surface area contributed by atoms with E-state index < -0.39 is 0 Å². The highest BCUT2D eigenvalue weighted by molar-refractivity contribution is 7.80. The van der Waals surface area contributed by atoms with Crippen molar-refractivity contribution in [1.29, 1.82) is 0 Å². The second kappa shape index (κ2) is 9.24. The minimum Gasteiger partial charge on any atom is -0.354 e. The molecule has 1 aromatic rings. The van der Waals surface area contributed by atoms with Crippen LogP contribution < -0.4 is 5.32 Å². The Morgan fingerprint density at radius 1 is 1.33 bits per heavy atom. The molecule has 4 nitrogen and oxygen atoms in total. The molecule has 0 spiro atoms. The zero-order chi connectivity index (χ0) is 13.2. The summed E-state index contributed by atoms with van der Waals surface area (Å²) >= 11 is 8.27. The summed E-state index contributed by atoms with van der Waals surface area (Å²) in [6, 6.07) is 5.78. The molecular weight excluding hydrogens is 266 g/mol. The van der Waals surface area contributed by atoms with Crippen molar-refractivity contribution in [2.75, 3.05) is 31.1 Å². The zero-order valence-electron chi connectivity index (χ0n) is 10.2. The average Bonchev–Trinajstić information content (AvgIpc) is 2.38. The van der Waals surface area contributed by atoms with E-state index in [4.69, 9.17) is 0 Å². The van der Waals surface area contributed by atoms with Crippen molar-refractivity contribution in [3.8, 4) is 0 Å². The highest BCUT2D eigenvalue weighted by Crippen LogP contribution is 2.01. The van der Waals surface area contributed by atoms with Crippen LogP contribution >= 0.6 is 25.3 Å². The molecule has 0 aliphatic carbocycles. The van der Waals surface area contributed by atoms with Crippen molar-refractivity contribution in [2.45, 2.75) is 6.54 Å². The van der Waals surface area contributed by atoms with Crippen molar-refractivity contribution in [3.63, 3.8) is 0 Å². The number of amides is 1. The maximum Gasteiger partial charge on any atom is 0.234 e. The normalized spacial score (nSPS) is 10.6. The number of nitrogens with one attached hydrogen (secondary N) is 1. The van der Waals surface area contributed by atoms with Gasteiger partial charge in [0.1, 0.15) is 0 Å². The van der Waals surface area contributed by atoms with Gasteiger partial charge in [0, 0.05) is 37.3 Å². The van der Waals surface area contributed by atoms with Crippen LogP contribution in [-0.4, -0.2) is 46.9 Å². The summed E-state index contributed by atoms with van der Waals surface area (Å²) in [4.78, 5) is 17.9. The Morgan fingerprint density at radius 3 is 2.78 bits per heavy atom. The van der Waals surface area contributed by atoms with Gasteiger partial charge in [0.2, 0.25) is 5.91 Å². The largest absolute Gasteiger partial charge is 0.354 e. The van der Waals surface area contributed by atoms with Gasteiger partial charge in [0.05, 0.1) is 12.2 Å². The lowest BCUT2D eigenvalue weighted by molar-refractivity contribution is -0.122. The van der Waals surface area contributed by atoms with Crippen LogP contribution in [0.5, 0.6) is 0 Å². The summed E-state index contributed by atoms with van der Waals surface area (Å²) in [5, 5.41) is 2.80. The van der Waals surface area contributed by atoms with Crippen LogP contribution in [0.1, 0.15) is 5.69 Å². The number of pyridine rings is 1. The third-order valence-electron chi connectivity index (χ3n) is 2.33. The lowest BCUT2D eigenvalue weighted by Gasteiger charge is -2.20. The molecule has 1 amide bonds. The van der Waals surface area contributed by atoms with Crippen LogP contribution in [0.4, 0.5) is 0 Å². The number of nitrogens with zero attached hydrogens (tertiary/aromatic N) is 2. The van der Waals surface area contributed by atoms with E-state index in [-0.39, 0.29) is 5.91 Å². The molecule has 0 atom stereocenters. The summed E-state index contributed by atoms with van der Waals surface area (Å²) < 4.78 is 0. The van der Waals surface area contributed by atoms with Crippen molar-refractivity contribution in [1.82, 2.24) is 15.2 Å². The van der Waals surface area contributed by atoms with Gasteiger partial charge in [-0.1, -0.05) is 6.07 Å². The van der Waals surface area contributed by atoms with Gasteiger partial charge in [0.25, 0.3) is 0 Å².